The van der Waals surface area contributed by atoms with Crippen molar-refractivity contribution in [2.24, 2.45) is 0 Å². The molecule has 0 aliphatic carbocycles. The number of ether oxygens (including phenoxy) is 1. The first-order valence-corrected chi connectivity index (χ1v) is 6.56. The van der Waals surface area contributed by atoms with Crippen LogP contribution in [0.2, 0.25) is 0 Å². The highest BCUT2D eigenvalue weighted by atomic mass is 16.5. The lowest BCUT2D eigenvalue weighted by Crippen LogP contribution is -2.36. The van der Waals surface area contributed by atoms with Crippen LogP contribution < -0.4 is 0 Å². The molecule has 3 heteroatoms. The van der Waals surface area contributed by atoms with Crippen molar-refractivity contribution in [1.82, 2.24) is 4.90 Å². The van der Waals surface area contributed by atoms with Crippen LogP contribution in [-0.4, -0.2) is 36.6 Å². The smallest absolute Gasteiger partial charge is 0.248 e. The lowest BCUT2D eigenvalue weighted by atomic mass is 10.1. The molecule has 1 rings (SSSR count). The molecule has 0 aromatic heterocycles. The second kappa shape index (κ2) is 7.88. The standard InChI is InChI=1S/C15H23NO2/c1-4-16(15(17)12-18-13(2)3)11-10-14-8-6-5-7-9-14/h5-9,13H,4,10-12H2,1-3H3. The second-order valence-corrected chi connectivity index (χ2v) is 4.57. The molecule has 1 amide bonds. The topological polar surface area (TPSA) is 29.5 Å². The Labute approximate surface area is 110 Å². The van der Waals surface area contributed by atoms with E-state index in [1.807, 2.05) is 43.9 Å². The molecule has 0 fully saturated rings. The molecule has 0 bridgehead atoms. The van der Waals surface area contributed by atoms with E-state index >= 15 is 0 Å². The number of nitrogens with zero attached hydrogens (tertiary/aromatic N) is 1. The molecule has 0 atom stereocenters. The third-order valence-corrected chi connectivity index (χ3v) is 2.79. The summed E-state index contributed by atoms with van der Waals surface area (Å²) in [6.07, 6.45) is 0.990. The van der Waals surface area contributed by atoms with Gasteiger partial charge in [-0.3, -0.25) is 4.79 Å². The first-order valence-electron chi connectivity index (χ1n) is 6.56. The van der Waals surface area contributed by atoms with Gasteiger partial charge in [0.15, 0.2) is 0 Å². The van der Waals surface area contributed by atoms with E-state index in [1.165, 1.54) is 5.56 Å². The second-order valence-electron chi connectivity index (χ2n) is 4.57. The summed E-state index contributed by atoms with van der Waals surface area (Å²) >= 11 is 0. The molecular formula is C15H23NO2. The zero-order valence-electron chi connectivity index (χ0n) is 11.6. The van der Waals surface area contributed by atoms with Crippen molar-refractivity contribution < 1.29 is 9.53 Å². The summed E-state index contributed by atoms with van der Waals surface area (Å²) in [4.78, 5) is 13.7. The van der Waals surface area contributed by atoms with Crippen LogP contribution in [-0.2, 0) is 16.0 Å². The van der Waals surface area contributed by atoms with Crippen LogP contribution in [0.1, 0.15) is 26.3 Å². The van der Waals surface area contributed by atoms with E-state index in [1.54, 1.807) is 0 Å². The summed E-state index contributed by atoms with van der Waals surface area (Å²) in [5.74, 6) is 0.0714. The van der Waals surface area contributed by atoms with E-state index in [0.717, 1.165) is 19.5 Å². The number of carbonyl (C=O) groups is 1. The number of hydrogen-bond acceptors (Lipinski definition) is 2. The Morgan fingerprint density at radius 1 is 1.28 bits per heavy atom. The van der Waals surface area contributed by atoms with Crippen LogP contribution in [0, 0.1) is 0 Å². The van der Waals surface area contributed by atoms with E-state index in [-0.39, 0.29) is 18.6 Å². The van der Waals surface area contributed by atoms with Gasteiger partial charge in [0.25, 0.3) is 0 Å². The minimum absolute atomic E-state index is 0.0714. The number of hydrogen-bond donors (Lipinski definition) is 0. The third kappa shape index (κ3) is 5.32. The Hall–Kier alpha value is -1.35. The number of likely N-dealkylation sites (N-methyl/N-ethyl adjacent to an activating group) is 1. The van der Waals surface area contributed by atoms with Crippen molar-refractivity contribution in [1.29, 1.82) is 0 Å². The maximum atomic E-state index is 11.9. The normalized spacial score (nSPS) is 10.7. The van der Waals surface area contributed by atoms with Gasteiger partial charge in [-0.15, -0.1) is 0 Å². The minimum Gasteiger partial charge on any atom is -0.369 e. The van der Waals surface area contributed by atoms with Crippen LogP contribution in [0.3, 0.4) is 0 Å². The van der Waals surface area contributed by atoms with E-state index in [4.69, 9.17) is 4.74 Å². The molecule has 0 N–H and O–H groups in total. The van der Waals surface area contributed by atoms with Gasteiger partial charge < -0.3 is 9.64 Å². The van der Waals surface area contributed by atoms with Gasteiger partial charge in [-0.2, -0.15) is 0 Å². The third-order valence-electron chi connectivity index (χ3n) is 2.79. The predicted octanol–water partition coefficient (Wildman–Crippen LogP) is 2.50. The molecule has 0 spiro atoms. The molecular weight excluding hydrogens is 226 g/mol. The lowest BCUT2D eigenvalue weighted by molar-refractivity contribution is -0.137. The zero-order chi connectivity index (χ0) is 13.4. The van der Waals surface area contributed by atoms with Crippen molar-refractivity contribution in [3.8, 4) is 0 Å². The summed E-state index contributed by atoms with van der Waals surface area (Å²) in [6, 6.07) is 10.2. The average Bonchev–Trinajstić information content (AvgIpc) is 2.38. The van der Waals surface area contributed by atoms with Crippen molar-refractivity contribution in [3.63, 3.8) is 0 Å². The summed E-state index contributed by atoms with van der Waals surface area (Å²) < 4.78 is 5.35. The summed E-state index contributed by atoms with van der Waals surface area (Å²) in [6.45, 7) is 7.54. The van der Waals surface area contributed by atoms with Gasteiger partial charge >= 0.3 is 0 Å². The van der Waals surface area contributed by atoms with Crippen LogP contribution in [0.15, 0.2) is 30.3 Å². The molecule has 0 radical (unpaired) electrons. The summed E-state index contributed by atoms with van der Waals surface area (Å²) in [7, 11) is 0. The molecule has 1 aromatic rings. The van der Waals surface area contributed by atoms with Crippen molar-refractivity contribution in [2.75, 3.05) is 19.7 Å². The molecule has 0 aliphatic rings. The Balaban J connectivity index is 2.39. The van der Waals surface area contributed by atoms with Crippen LogP contribution in [0.5, 0.6) is 0 Å². The van der Waals surface area contributed by atoms with Crippen LogP contribution >= 0.6 is 0 Å². The Morgan fingerprint density at radius 2 is 1.94 bits per heavy atom. The van der Waals surface area contributed by atoms with Gasteiger partial charge in [-0.05, 0) is 32.8 Å². The average molecular weight is 249 g/mol. The van der Waals surface area contributed by atoms with Gasteiger partial charge in [0, 0.05) is 13.1 Å². The fourth-order valence-corrected chi connectivity index (χ4v) is 1.70. The molecule has 0 saturated carbocycles. The quantitative estimate of drug-likeness (QED) is 0.743. The van der Waals surface area contributed by atoms with E-state index < -0.39 is 0 Å². The maximum absolute atomic E-state index is 11.9. The lowest BCUT2D eigenvalue weighted by Gasteiger charge is -2.21. The predicted molar refractivity (Wildman–Crippen MR) is 73.5 cm³/mol. The summed E-state index contributed by atoms with van der Waals surface area (Å²) in [5.41, 5.74) is 1.26. The number of carbonyl (C=O) groups excluding carboxylic acids is 1. The molecule has 1 aromatic carbocycles. The molecule has 18 heavy (non-hydrogen) atoms. The highest BCUT2D eigenvalue weighted by Gasteiger charge is 2.12. The summed E-state index contributed by atoms with van der Waals surface area (Å²) in [5, 5.41) is 0. The Morgan fingerprint density at radius 3 is 2.50 bits per heavy atom. The monoisotopic (exact) mass is 249 g/mol. The number of amides is 1. The fourth-order valence-electron chi connectivity index (χ4n) is 1.70. The van der Waals surface area contributed by atoms with Crippen LogP contribution in [0.4, 0.5) is 0 Å². The minimum atomic E-state index is 0.0714. The Kier molecular flexibility index (Phi) is 6.44. The van der Waals surface area contributed by atoms with Crippen molar-refractivity contribution in [3.05, 3.63) is 35.9 Å². The molecule has 3 nitrogen and oxygen atoms in total. The Bertz CT molecular complexity index is 349. The number of benzene rings is 1. The maximum Gasteiger partial charge on any atom is 0.248 e. The molecule has 0 unspecified atom stereocenters. The molecule has 100 valence electrons. The molecule has 0 saturated heterocycles. The van der Waals surface area contributed by atoms with E-state index in [9.17, 15) is 4.79 Å². The van der Waals surface area contributed by atoms with Gasteiger partial charge in [0.2, 0.25) is 5.91 Å². The SMILES string of the molecule is CCN(CCc1ccccc1)C(=O)COC(C)C. The van der Waals surface area contributed by atoms with E-state index in [2.05, 4.69) is 12.1 Å². The number of rotatable bonds is 7. The zero-order valence-corrected chi connectivity index (χ0v) is 11.6. The van der Waals surface area contributed by atoms with Crippen LogP contribution in [0.25, 0.3) is 0 Å². The van der Waals surface area contributed by atoms with Gasteiger partial charge in [0.05, 0.1) is 6.10 Å². The van der Waals surface area contributed by atoms with Gasteiger partial charge in [0.1, 0.15) is 6.61 Å². The molecule has 0 aliphatic heterocycles. The van der Waals surface area contributed by atoms with E-state index in [0.29, 0.717) is 0 Å². The fraction of sp³-hybridized carbons (Fsp3) is 0.533. The van der Waals surface area contributed by atoms with Crippen molar-refractivity contribution in [2.45, 2.75) is 33.3 Å². The first kappa shape index (κ1) is 14.7. The van der Waals surface area contributed by atoms with Crippen molar-refractivity contribution >= 4 is 5.91 Å². The largest absolute Gasteiger partial charge is 0.369 e. The highest BCUT2D eigenvalue weighted by Crippen LogP contribution is 2.02. The van der Waals surface area contributed by atoms with Gasteiger partial charge in [-0.25, -0.2) is 0 Å². The highest BCUT2D eigenvalue weighted by molar-refractivity contribution is 5.77. The van der Waals surface area contributed by atoms with Gasteiger partial charge in [-0.1, -0.05) is 30.3 Å². The first-order chi connectivity index (χ1) is 8.63. The molecule has 0 heterocycles.